The molecule has 0 amide bonds. The van der Waals surface area contributed by atoms with Gasteiger partial charge in [0.2, 0.25) is 5.75 Å². The predicted molar refractivity (Wildman–Crippen MR) is 90.2 cm³/mol. The van der Waals surface area contributed by atoms with Crippen LogP contribution in [0.3, 0.4) is 0 Å². The summed E-state index contributed by atoms with van der Waals surface area (Å²) in [7, 11) is 3.83. The summed E-state index contributed by atoms with van der Waals surface area (Å²) in [6.45, 7) is 0. The smallest absolute Gasteiger partial charge is 0.203 e. The van der Waals surface area contributed by atoms with Crippen molar-refractivity contribution in [2.75, 3.05) is 32.5 Å². The molecule has 0 aromatic heterocycles. The highest BCUT2D eigenvalue weighted by molar-refractivity contribution is 7.85. The third-order valence-corrected chi connectivity index (χ3v) is 5.05. The van der Waals surface area contributed by atoms with Gasteiger partial charge in [-0.15, -0.1) is 0 Å². The molecule has 1 aliphatic rings. The Hall–Kier alpha value is -2.21. The van der Waals surface area contributed by atoms with Crippen molar-refractivity contribution in [1.29, 1.82) is 0 Å². The number of hydrogen-bond donors (Lipinski definition) is 1. The topological polar surface area (TPSA) is 56.8 Å². The van der Waals surface area contributed by atoms with Crippen LogP contribution in [-0.4, -0.2) is 31.4 Å². The van der Waals surface area contributed by atoms with Gasteiger partial charge in [-0.25, -0.2) is 0 Å². The van der Waals surface area contributed by atoms with Crippen LogP contribution in [0.15, 0.2) is 35.2 Å². The van der Waals surface area contributed by atoms with Crippen LogP contribution in [-0.2, 0) is 17.2 Å². The van der Waals surface area contributed by atoms with Crippen LogP contribution in [0.5, 0.6) is 17.2 Å². The van der Waals surface area contributed by atoms with Gasteiger partial charge < -0.3 is 19.5 Å². The number of benzene rings is 2. The molecule has 0 spiro atoms. The summed E-state index contributed by atoms with van der Waals surface area (Å²) in [5.74, 6) is 2.34. The van der Waals surface area contributed by atoms with E-state index in [-0.39, 0.29) is 0 Å². The van der Waals surface area contributed by atoms with E-state index in [9.17, 15) is 4.21 Å². The average molecular weight is 333 g/mol. The molecule has 0 radical (unpaired) electrons. The maximum atomic E-state index is 11.9. The molecule has 122 valence electrons. The zero-order valence-corrected chi connectivity index (χ0v) is 14.2. The van der Waals surface area contributed by atoms with E-state index in [1.807, 2.05) is 30.3 Å². The Morgan fingerprint density at radius 1 is 1.00 bits per heavy atom. The fourth-order valence-corrected chi connectivity index (χ4v) is 3.82. The number of fused-ring (bicyclic) bond motifs is 1. The average Bonchev–Trinajstić information content (AvgIpc) is 2.94. The van der Waals surface area contributed by atoms with Crippen LogP contribution in [0.2, 0.25) is 0 Å². The van der Waals surface area contributed by atoms with Crippen molar-refractivity contribution in [3.8, 4) is 17.2 Å². The lowest BCUT2D eigenvalue weighted by atomic mass is 10.0. The largest absolute Gasteiger partial charge is 0.493 e. The summed E-state index contributed by atoms with van der Waals surface area (Å²) in [4.78, 5) is 0.870. The van der Waals surface area contributed by atoms with Gasteiger partial charge in [0.05, 0.1) is 48.6 Å². The number of anilines is 1. The molecule has 0 saturated heterocycles. The van der Waals surface area contributed by atoms with Crippen LogP contribution < -0.4 is 19.5 Å². The second-order valence-electron chi connectivity index (χ2n) is 5.21. The van der Waals surface area contributed by atoms with Crippen LogP contribution in [0.25, 0.3) is 0 Å². The molecule has 0 aliphatic carbocycles. The van der Waals surface area contributed by atoms with E-state index in [1.54, 1.807) is 21.3 Å². The van der Waals surface area contributed by atoms with Crippen LogP contribution in [0, 0.1) is 0 Å². The molecule has 23 heavy (non-hydrogen) atoms. The first kappa shape index (κ1) is 15.7. The molecular weight excluding hydrogens is 314 g/mol. The van der Waals surface area contributed by atoms with Gasteiger partial charge in [-0.2, -0.15) is 0 Å². The molecule has 1 heterocycles. The highest BCUT2D eigenvalue weighted by atomic mass is 32.2. The first-order chi connectivity index (χ1) is 11.2. The van der Waals surface area contributed by atoms with Crippen molar-refractivity contribution in [1.82, 2.24) is 0 Å². The molecule has 2 aromatic carbocycles. The maximum Gasteiger partial charge on any atom is 0.203 e. The van der Waals surface area contributed by atoms with Crippen molar-refractivity contribution in [2.24, 2.45) is 0 Å². The summed E-state index contributed by atoms with van der Waals surface area (Å²) in [5, 5.41) is 3.14. The van der Waals surface area contributed by atoms with E-state index in [0.717, 1.165) is 21.7 Å². The Labute approximate surface area is 138 Å². The molecule has 0 saturated carbocycles. The van der Waals surface area contributed by atoms with Gasteiger partial charge in [0, 0.05) is 0 Å². The van der Waals surface area contributed by atoms with Crippen LogP contribution in [0.1, 0.15) is 11.1 Å². The molecule has 1 N–H and O–H groups in total. The molecule has 2 aromatic rings. The zero-order valence-electron chi connectivity index (χ0n) is 13.3. The Bertz CT molecular complexity index is 735. The van der Waals surface area contributed by atoms with Gasteiger partial charge >= 0.3 is 0 Å². The Morgan fingerprint density at radius 2 is 1.70 bits per heavy atom. The summed E-state index contributed by atoms with van der Waals surface area (Å²) in [6, 6.07) is 9.88. The lowest BCUT2D eigenvalue weighted by Gasteiger charge is -2.14. The van der Waals surface area contributed by atoms with E-state index < -0.39 is 10.8 Å². The minimum Gasteiger partial charge on any atom is -0.493 e. The highest BCUT2D eigenvalue weighted by Crippen LogP contribution is 2.39. The Kier molecular flexibility index (Phi) is 4.43. The van der Waals surface area contributed by atoms with Crippen molar-refractivity contribution >= 4 is 16.5 Å². The van der Waals surface area contributed by atoms with Gasteiger partial charge in [-0.05, 0) is 41.8 Å². The molecule has 0 bridgehead atoms. The predicted octanol–water partition coefficient (Wildman–Crippen LogP) is 2.79. The second-order valence-corrected chi connectivity index (χ2v) is 6.63. The number of methoxy groups -OCH3 is 3. The number of nitrogens with one attached hydrogen (secondary N) is 1. The lowest BCUT2D eigenvalue weighted by Crippen LogP contribution is -1.98. The SMILES string of the molecule is COc1cc(Cc2ccc3c(c2)S(=O)CN3)cc(OC)c1OC. The first-order valence-electron chi connectivity index (χ1n) is 7.20. The van der Waals surface area contributed by atoms with Gasteiger partial charge in [-0.3, -0.25) is 4.21 Å². The van der Waals surface area contributed by atoms with E-state index in [1.165, 1.54) is 0 Å². The Morgan fingerprint density at radius 3 is 2.30 bits per heavy atom. The maximum absolute atomic E-state index is 11.9. The minimum atomic E-state index is -0.964. The third kappa shape index (κ3) is 2.99. The summed E-state index contributed by atoms with van der Waals surface area (Å²) < 4.78 is 28.1. The van der Waals surface area contributed by atoms with Crippen molar-refractivity contribution in [3.05, 3.63) is 41.5 Å². The van der Waals surface area contributed by atoms with E-state index in [4.69, 9.17) is 14.2 Å². The second kappa shape index (κ2) is 6.50. The summed E-state index contributed by atoms with van der Waals surface area (Å²) in [6.07, 6.45) is 0.696. The molecule has 1 aliphatic heterocycles. The quantitative estimate of drug-likeness (QED) is 0.912. The molecule has 5 nitrogen and oxygen atoms in total. The molecule has 3 rings (SSSR count). The van der Waals surface area contributed by atoms with Gasteiger partial charge in [0.25, 0.3) is 0 Å². The zero-order chi connectivity index (χ0) is 16.4. The fourth-order valence-electron chi connectivity index (χ4n) is 2.71. The van der Waals surface area contributed by atoms with Crippen molar-refractivity contribution in [2.45, 2.75) is 11.3 Å². The van der Waals surface area contributed by atoms with E-state index in [2.05, 4.69) is 5.32 Å². The first-order valence-corrected chi connectivity index (χ1v) is 8.52. The third-order valence-electron chi connectivity index (χ3n) is 3.82. The van der Waals surface area contributed by atoms with Gasteiger partial charge in [0.15, 0.2) is 11.5 Å². The number of hydrogen-bond acceptors (Lipinski definition) is 5. The minimum absolute atomic E-state index is 0.489. The van der Waals surface area contributed by atoms with Crippen LogP contribution in [0.4, 0.5) is 5.69 Å². The number of ether oxygens (including phenoxy) is 3. The standard InChI is InChI=1S/C17H19NO4S/c1-20-14-7-12(8-15(21-2)17(14)22-3)6-11-4-5-13-16(9-11)23(19)10-18-13/h4-5,7-9,18H,6,10H2,1-3H3. The highest BCUT2D eigenvalue weighted by Gasteiger charge is 2.18. The van der Waals surface area contributed by atoms with Gasteiger partial charge in [-0.1, -0.05) is 6.07 Å². The molecule has 0 fully saturated rings. The monoisotopic (exact) mass is 333 g/mol. The molecular formula is C17H19NO4S. The van der Waals surface area contributed by atoms with Gasteiger partial charge in [0.1, 0.15) is 0 Å². The summed E-state index contributed by atoms with van der Waals surface area (Å²) >= 11 is 0. The van der Waals surface area contributed by atoms with Crippen molar-refractivity contribution < 1.29 is 18.4 Å². The Balaban J connectivity index is 1.94. The molecule has 1 atom stereocenters. The van der Waals surface area contributed by atoms with Crippen LogP contribution >= 0.6 is 0 Å². The molecule has 1 unspecified atom stereocenters. The number of rotatable bonds is 5. The van der Waals surface area contributed by atoms with E-state index >= 15 is 0 Å². The summed E-state index contributed by atoms with van der Waals surface area (Å²) in [5.41, 5.74) is 3.09. The normalized spacial score (nSPS) is 15.7. The molecule has 6 heteroatoms. The fraction of sp³-hybridized carbons (Fsp3) is 0.294. The lowest BCUT2D eigenvalue weighted by molar-refractivity contribution is 0.324. The van der Waals surface area contributed by atoms with Crippen molar-refractivity contribution in [3.63, 3.8) is 0 Å². The van der Waals surface area contributed by atoms with E-state index in [0.29, 0.717) is 29.5 Å².